The average Bonchev–Trinajstić information content (AvgIpc) is 2.57. The smallest absolute Gasteiger partial charge is 0.207 e. The number of fused-ring (bicyclic) bond motifs is 1. The lowest BCUT2D eigenvalue weighted by Crippen LogP contribution is -2.26. The van der Waals surface area contributed by atoms with Crippen LogP contribution in [0.25, 0.3) is 10.9 Å². The second kappa shape index (κ2) is 4.39. The van der Waals surface area contributed by atoms with Gasteiger partial charge in [0.2, 0.25) is 6.41 Å². The van der Waals surface area contributed by atoms with Crippen molar-refractivity contribution in [3.05, 3.63) is 36.0 Å². The van der Waals surface area contributed by atoms with Gasteiger partial charge in [0.05, 0.1) is 0 Å². The summed E-state index contributed by atoms with van der Waals surface area (Å²) < 4.78 is 2.12. The fourth-order valence-corrected chi connectivity index (χ4v) is 2.09. The zero-order valence-electron chi connectivity index (χ0n) is 9.60. The number of benzene rings is 1. The first-order valence-electron chi connectivity index (χ1n) is 5.45. The largest absolute Gasteiger partial charge is 0.356 e. The van der Waals surface area contributed by atoms with Gasteiger partial charge in [-0.2, -0.15) is 0 Å². The van der Waals surface area contributed by atoms with Crippen LogP contribution in [-0.2, 0) is 18.3 Å². The van der Waals surface area contributed by atoms with Crippen LogP contribution >= 0.6 is 0 Å². The zero-order valence-corrected chi connectivity index (χ0v) is 9.60. The lowest BCUT2D eigenvalue weighted by molar-refractivity contribution is -0.110. The molecule has 0 bridgehead atoms. The van der Waals surface area contributed by atoms with E-state index in [1.165, 1.54) is 16.5 Å². The van der Waals surface area contributed by atoms with E-state index in [1.54, 1.807) is 0 Å². The maximum Gasteiger partial charge on any atom is 0.207 e. The Labute approximate surface area is 95.1 Å². The minimum atomic E-state index is 0.170. The van der Waals surface area contributed by atoms with Crippen LogP contribution in [0.15, 0.2) is 30.5 Å². The van der Waals surface area contributed by atoms with Gasteiger partial charge >= 0.3 is 0 Å². The van der Waals surface area contributed by atoms with Crippen LogP contribution in [0.5, 0.6) is 0 Å². The Morgan fingerprint density at radius 2 is 2.19 bits per heavy atom. The molecule has 0 aliphatic heterocycles. The number of nitrogens with zero attached hydrogens (tertiary/aromatic N) is 1. The van der Waals surface area contributed by atoms with E-state index in [4.69, 9.17) is 0 Å². The standard InChI is InChI=1S/C13H16N2O/c1-10(14-9-16)7-11-8-15(2)13-6-4-3-5-12(11)13/h3-6,8-10H,7H2,1-2H3,(H,14,16). The molecule has 1 atom stereocenters. The number of para-hydroxylation sites is 1. The van der Waals surface area contributed by atoms with Crippen molar-refractivity contribution in [1.29, 1.82) is 0 Å². The van der Waals surface area contributed by atoms with E-state index in [2.05, 4.69) is 28.2 Å². The highest BCUT2D eigenvalue weighted by atomic mass is 16.1. The highest BCUT2D eigenvalue weighted by Crippen LogP contribution is 2.21. The van der Waals surface area contributed by atoms with Crippen molar-refractivity contribution in [1.82, 2.24) is 9.88 Å². The Morgan fingerprint density at radius 3 is 2.94 bits per heavy atom. The summed E-state index contributed by atoms with van der Waals surface area (Å²) in [5.41, 5.74) is 2.51. The molecule has 84 valence electrons. The molecule has 0 saturated carbocycles. The summed E-state index contributed by atoms with van der Waals surface area (Å²) in [7, 11) is 2.05. The second-order valence-electron chi connectivity index (χ2n) is 4.17. The quantitative estimate of drug-likeness (QED) is 0.778. The fourth-order valence-electron chi connectivity index (χ4n) is 2.09. The fraction of sp³-hybridized carbons (Fsp3) is 0.308. The Balaban J connectivity index is 2.34. The van der Waals surface area contributed by atoms with Crippen molar-refractivity contribution >= 4 is 17.3 Å². The van der Waals surface area contributed by atoms with Gasteiger partial charge in [0, 0.05) is 30.2 Å². The molecule has 0 aliphatic carbocycles. The number of aromatic nitrogens is 1. The Bertz CT molecular complexity index is 502. The third-order valence-electron chi connectivity index (χ3n) is 2.86. The van der Waals surface area contributed by atoms with E-state index in [1.807, 2.05) is 26.1 Å². The maximum atomic E-state index is 10.4. The predicted molar refractivity (Wildman–Crippen MR) is 65.3 cm³/mol. The molecule has 1 aromatic carbocycles. The summed E-state index contributed by atoms with van der Waals surface area (Å²) in [5, 5.41) is 4.05. The van der Waals surface area contributed by atoms with Crippen molar-refractivity contribution in [3.8, 4) is 0 Å². The van der Waals surface area contributed by atoms with E-state index in [0.717, 1.165) is 12.8 Å². The van der Waals surface area contributed by atoms with E-state index in [9.17, 15) is 4.79 Å². The molecular formula is C13H16N2O. The highest BCUT2D eigenvalue weighted by molar-refractivity contribution is 5.83. The molecule has 16 heavy (non-hydrogen) atoms. The number of hydrogen-bond donors (Lipinski definition) is 1. The monoisotopic (exact) mass is 216 g/mol. The second-order valence-corrected chi connectivity index (χ2v) is 4.17. The van der Waals surface area contributed by atoms with E-state index in [-0.39, 0.29) is 6.04 Å². The van der Waals surface area contributed by atoms with Crippen LogP contribution in [0.3, 0.4) is 0 Å². The number of carbonyl (C=O) groups excluding carboxylic acids is 1. The molecular weight excluding hydrogens is 200 g/mol. The Morgan fingerprint density at radius 1 is 1.44 bits per heavy atom. The molecule has 0 saturated heterocycles. The minimum absolute atomic E-state index is 0.170. The Hall–Kier alpha value is -1.77. The minimum Gasteiger partial charge on any atom is -0.356 e. The molecule has 1 unspecified atom stereocenters. The summed E-state index contributed by atoms with van der Waals surface area (Å²) in [6, 6.07) is 8.49. The van der Waals surface area contributed by atoms with Crippen molar-refractivity contribution in [2.75, 3.05) is 0 Å². The predicted octanol–water partition coefficient (Wildman–Crippen LogP) is 1.86. The summed E-state index contributed by atoms with van der Waals surface area (Å²) in [6.45, 7) is 2.01. The molecule has 2 rings (SSSR count). The van der Waals surface area contributed by atoms with Gasteiger partial charge in [-0.3, -0.25) is 4.79 Å². The number of rotatable bonds is 4. The van der Waals surface area contributed by atoms with Gasteiger partial charge in [0.1, 0.15) is 0 Å². The van der Waals surface area contributed by atoms with Gasteiger partial charge < -0.3 is 9.88 Å². The topological polar surface area (TPSA) is 34.0 Å². The van der Waals surface area contributed by atoms with Crippen LogP contribution in [0.2, 0.25) is 0 Å². The van der Waals surface area contributed by atoms with Crippen molar-refractivity contribution in [3.63, 3.8) is 0 Å². The number of amides is 1. The zero-order chi connectivity index (χ0) is 11.5. The SMILES string of the molecule is CC(Cc1cn(C)c2ccccc12)NC=O. The molecule has 0 radical (unpaired) electrons. The van der Waals surface area contributed by atoms with Gasteiger partial charge in [-0.1, -0.05) is 18.2 Å². The number of nitrogens with one attached hydrogen (secondary N) is 1. The van der Waals surface area contributed by atoms with Crippen molar-refractivity contribution in [2.24, 2.45) is 7.05 Å². The lowest BCUT2D eigenvalue weighted by Gasteiger charge is -2.08. The van der Waals surface area contributed by atoms with Gasteiger partial charge in [0.15, 0.2) is 0 Å². The van der Waals surface area contributed by atoms with Crippen LogP contribution in [0, 0.1) is 0 Å². The third-order valence-corrected chi connectivity index (χ3v) is 2.86. The molecule has 3 nitrogen and oxygen atoms in total. The van der Waals surface area contributed by atoms with E-state index < -0.39 is 0 Å². The molecule has 1 amide bonds. The van der Waals surface area contributed by atoms with Crippen molar-refractivity contribution < 1.29 is 4.79 Å². The van der Waals surface area contributed by atoms with E-state index >= 15 is 0 Å². The van der Waals surface area contributed by atoms with E-state index in [0.29, 0.717) is 0 Å². The third kappa shape index (κ3) is 1.94. The van der Waals surface area contributed by atoms with Gasteiger partial charge in [-0.05, 0) is 25.0 Å². The average molecular weight is 216 g/mol. The highest BCUT2D eigenvalue weighted by Gasteiger charge is 2.08. The van der Waals surface area contributed by atoms with Gasteiger partial charge in [-0.15, -0.1) is 0 Å². The summed E-state index contributed by atoms with van der Waals surface area (Å²) in [6.07, 6.45) is 3.75. The van der Waals surface area contributed by atoms with Crippen molar-refractivity contribution in [2.45, 2.75) is 19.4 Å². The van der Waals surface area contributed by atoms with Gasteiger partial charge in [0.25, 0.3) is 0 Å². The first kappa shape index (κ1) is 10.7. The molecule has 2 aromatic rings. The normalized spacial score (nSPS) is 12.6. The molecule has 0 fully saturated rings. The van der Waals surface area contributed by atoms with Crippen LogP contribution in [-0.4, -0.2) is 17.0 Å². The molecule has 1 aromatic heterocycles. The maximum absolute atomic E-state index is 10.4. The molecule has 0 aliphatic rings. The summed E-state index contributed by atoms with van der Waals surface area (Å²) in [5.74, 6) is 0. The van der Waals surface area contributed by atoms with Crippen LogP contribution in [0.4, 0.5) is 0 Å². The van der Waals surface area contributed by atoms with Crippen LogP contribution in [0.1, 0.15) is 12.5 Å². The van der Waals surface area contributed by atoms with Gasteiger partial charge in [-0.25, -0.2) is 0 Å². The summed E-state index contributed by atoms with van der Waals surface area (Å²) >= 11 is 0. The first-order valence-corrected chi connectivity index (χ1v) is 5.45. The first-order chi connectivity index (χ1) is 7.72. The molecule has 3 heteroatoms. The molecule has 0 spiro atoms. The number of carbonyl (C=O) groups is 1. The number of aryl methyl sites for hydroxylation is 1. The molecule has 1 heterocycles. The lowest BCUT2D eigenvalue weighted by atomic mass is 10.1. The Kier molecular flexibility index (Phi) is 2.95. The number of hydrogen-bond acceptors (Lipinski definition) is 1. The van der Waals surface area contributed by atoms with Crippen LogP contribution < -0.4 is 5.32 Å². The summed E-state index contributed by atoms with van der Waals surface area (Å²) in [4.78, 5) is 10.4. The molecule has 1 N–H and O–H groups in total.